The highest BCUT2D eigenvalue weighted by atomic mass is 19.1. The van der Waals surface area contributed by atoms with Crippen LogP contribution in [0, 0.1) is 19.7 Å². The fraction of sp³-hybridized carbons (Fsp3) is 0.423. The van der Waals surface area contributed by atoms with E-state index in [0.29, 0.717) is 42.0 Å². The van der Waals surface area contributed by atoms with E-state index >= 15 is 0 Å². The summed E-state index contributed by atoms with van der Waals surface area (Å²) in [5.74, 6) is -1.39. The Morgan fingerprint density at radius 3 is 2.64 bits per heavy atom. The number of aryl methyl sites for hydroxylation is 1. The number of imide groups is 1. The van der Waals surface area contributed by atoms with Crippen molar-refractivity contribution in [1.29, 1.82) is 0 Å². The quantitative estimate of drug-likeness (QED) is 0.341. The number of ether oxygens (including phenoxy) is 1. The van der Waals surface area contributed by atoms with Crippen molar-refractivity contribution in [2.45, 2.75) is 34.1 Å². The second-order valence-electron chi connectivity index (χ2n) is 8.56. The maximum Gasteiger partial charge on any atom is 0.421 e. The topological polar surface area (TPSA) is 121 Å². The van der Waals surface area contributed by atoms with Gasteiger partial charge in [0.25, 0.3) is 11.8 Å². The van der Waals surface area contributed by atoms with Crippen LogP contribution in [0.1, 0.15) is 53.1 Å². The number of benzene rings is 1. The van der Waals surface area contributed by atoms with E-state index in [-0.39, 0.29) is 29.3 Å². The van der Waals surface area contributed by atoms with Gasteiger partial charge < -0.3 is 25.7 Å². The lowest BCUT2D eigenvalue weighted by atomic mass is 10.0. The van der Waals surface area contributed by atoms with Crippen molar-refractivity contribution in [3.63, 3.8) is 0 Å². The summed E-state index contributed by atoms with van der Waals surface area (Å²) < 4.78 is 19.3. The fourth-order valence-corrected chi connectivity index (χ4v) is 4.25. The first-order chi connectivity index (χ1) is 17.2. The van der Waals surface area contributed by atoms with Gasteiger partial charge in [-0.3, -0.25) is 9.59 Å². The summed E-state index contributed by atoms with van der Waals surface area (Å²) in [6, 6.07) is 3.76. The minimum absolute atomic E-state index is 0.0658. The van der Waals surface area contributed by atoms with Crippen LogP contribution in [0.2, 0.25) is 0 Å². The molecule has 194 valence electrons. The third-order valence-electron chi connectivity index (χ3n) is 6.28. The number of hydrogen-bond acceptors (Lipinski definition) is 6. The van der Waals surface area contributed by atoms with Crippen LogP contribution in [-0.4, -0.2) is 67.1 Å². The first-order valence-electron chi connectivity index (χ1n) is 12.2. The van der Waals surface area contributed by atoms with E-state index in [9.17, 15) is 18.8 Å². The smallest absolute Gasteiger partial charge is 0.421 e. The van der Waals surface area contributed by atoms with Crippen LogP contribution in [0.3, 0.4) is 0 Å². The Morgan fingerprint density at radius 1 is 1.25 bits per heavy atom. The molecular weight excluding hydrogens is 465 g/mol. The Kier molecular flexibility index (Phi) is 9.00. The highest BCUT2D eigenvalue weighted by molar-refractivity contribution is 6.41. The molecule has 0 fully saturated rings. The Balaban J connectivity index is 1.90. The van der Waals surface area contributed by atoms with Crippen molar-refractivity contribution >= 4 is 35.2 Å². The van der Waals surface area contributed by atoms with Crippen molar-refractivity contribution < 1.29 is 23.5 Å². The van der Waals surface area contributed by atoms with Crippen LogP contribution >= 0.6 is 0 Å². The molecule has 0 aliphatic carbocycles. The van der Waals surface area contributed by atoms with E-state index in [1.54, 1.807) is 19.9 Å². The largest absolute Gasteiger partial charge is 0.449 e. The lowest BCUT2D eigenvalue weighted by Crippen LogP contribution is -2.35. The van der Waals surface area contributed by atoms with Gasteiger partial charge in [0, 0.05) is 30.0 Å². The Hall–Kier alpha value is -3.50. The summed E-state index contributed by atoms with van der Waals surface area (Å²) in [6.45, 7) is 11.2. The predicted molar refractivity (Wildman–Crippen MR) is 137 cm³/mol. The molecule has 0 unspecified atom stereocenters. The van der Waals surface area contributed by atoms with Crippen LogP contribution in [0.25, 0.3) is 11.6 Å². The lowest BCUT2D eigenvalue weighted by Gasteiger charge is -2.18. The maximum absolute atomic E-state index is 14.1. The number of aromatic nitrogens is 1. The predicted octanol–water partition coefficient (Wildman–Crippen LogP) is 3.21. The zero-order chi connectivity index (χ0) is 26.4. The number of anilines is 1. The van der Waals surface area contributed by atoms with Crippen molar-refractivity contribution in [3.8, 4) is 0 Å². The third-order valence-corrected chi connectivity index (χ3v) is 6.28. The number of hydrogen-bond donors (Lipinski definition) is 3. The van der Waals surface area contributed by atoms with Crippen LogP contribution in [0.15, 0.2) is 18.2 Å². The average Bonchev–Trinajstić information content (AvgIpc) is 3.28. The SMILES string of the molecule is CCN(CC)CCNC(=O)c1c(C)[nH]c(/C=C2\C(=O)N(C(=O)OCCCN)c3ccc(F)cc32)c1C. The van der Waals surface area contributed by atoms with Crippen molar-refractivity contribution in [1.82, 2.24) is 15.2 Å². The number of carbonyl (C=O) groups is 3. The molecule has 0 atom stereocenters. The molecule has 0 saturated heterocycles. The van der Waals surface area contributed by atoms with Gasteiger partial charge in [0.2, 0.25) is 0 Å². The second-order valence-corrected chi connectivity index (χ2v) is 8.56. The first kappa shape index (κ1) is 27.1. The zero-order valence-corrected chi connectivity index (χ0v) is 21.2. The Labute approximate surface area is 210 Å². The fourth-order valence-electron chi connectivity index (χ4n) is 4.25. The van der Waals surface area contributed by atoms with Crippen molar-refractivity contribution in [3.05, 3.63) is 52.1 Å². The lowest BCUT2D eigenvalue weighted by molar-refractivity contribution is -0.112. The number of halogens is 1. The molecule has 9 nitrogen and oxygen atoms in total. The van der Waals surface area contributed by atoms with Crippen molar-refractivity contribution in [2.75, 3.05) is 44.2 Å². The number of likely N-dealkylation sites (N-methyl/N-ethyl adjacent to an activating group) is 1. The number of nitrogens with two attached hydrogens (primary N) is 1. The third kappa shape index (κ3) is 5.66. The molecule has 1 aromatic carbocycles. The molecule has 10 heteroatoms. The number of H-pyrrole nitrogens is 1. The van der Waals surface area contributed by atoms with E-state index in [4.69, 9.17) is 10.5 Å². The standard InChI is InChI=1S/C26H34FN5O4/c1-5-31(6-2)12-11-29-24(33)23-16(3)21(30-17(23)4)15-20-19-14-18(27)8-9-22(19)32(25(20)34)26(35)36-13-7-10-28/h8-9,14-15,30H,5-7,10-13,28H2,1-4H3,(H,29,33)/b20-15-. The van der Waals surface area contributed by atoms with Crippen molar-refractivity contribution in [2.24, 2.45) is 5.73 Å². The van der Waals surface area contributed by atoms with E-state index < -0.39 is 17.8 Å². The van der Waals surface area contributed by atoms with Gasteiger partial charge in [-0.25, -0.2) is 14.1 Å². The van der Waals surface area contributed by atoms with Gasteiger partial charge in [0.15, 0.2) is 0 Å². The van der Waals surface area contributed by atoms with Gasteiger partial charge in [0.1, 0.15) is 5.82 Å². The minimum atomic E-state index is -0.850. The second kappa shape index (κ2) is 12.0. The summed E-state index contributed by atoms with van der Waals surface area (Å²) in [4.78, 5) is 45.1. The maximum atomic E-state index is 14.1. The summed E-state index contributed by atoms with van der Waals surface area (Å²) in [5.41, 5.74) is 8.38. The number of aromatic amines is 1. The molecule has 0 bridgehead atoms. The molecule has 2 heterocycles. The number of rotatable bonds is 10. The minimum Gasteiger partial charge on any atom is -0.449 e. The molecule has 2 aromatic rings. The van der Waals surface area contributed by atoms with Crippen LogP contribution in [0.5, 0.6) is 0 Å². The molecule has 3 amide bonds. The van der Waals surface area contributed by atoms with Gasteiger partial charge in [0.05, 0.1) is 23.4 Å². The van der Waals surface area contributed by atoms with Gasteiger partial charge in [-0.2, -0.15) is 0 Å². The molecule has 36 heavy (non-hydrogen) atoms. The molecule has 3 rings (SSSR count). The summed E-state index contributed by atoms with van der Waals surface area (Å²) in [5, 5.41) is 2.95. The van der Waals surface area contributed by atoms with E-state index in [1.807, 2.05) is 0 Å². The normalized spacial score (nSPS) is 14.0. The molecule has 1 aromatic heterocycles. The molecule has 0 spiro atoms. The summed E-state index contributed by atoms with van der Waals surface area (Å²) >= 11 is 0. The van der Waals surface area contributed by atoms with Crippen LogP contribution < -0.4 is 16.0 Å². The van der Waals surface area contributed by atoms with Gasteiger partial charge >= 0.3 is 6.09 Å². The number of nitrogens with zero attached hydrogens (tertiary/aromatic N) is 2. The molecule has 0 saturated carbocycles. The summed E-state index contributed by atoms with van der Waals surface area (Å²) in [6.07, 6.45) is 1.15. The Morgan fingerprint density at radius 2 is 1.97 bits per heavy atom. The molecule has 1 aliphatic heterocycles. The van der Waals surface area contributed by atoms with Gasteiger partial charge in [-0.15, -0.1) is 0 Å². The van der Waals surface area contributed by atoms with Crippen LogP contribution in [-0.2, 0) is 9.53 Å². The summed E-state index contributed by atoms with van der Waals surface area (Å²) in [7, 11) is 0. The number of carbonyl (C=O) groups excluding carboxylic acids is 3. The van der Waals surface area contributed by atoms with E-state index in [2.05, 4.69) is 29.0 Å². The molecule has 4 N–H and O–H groups in total. The average molecular weight is 500 g/mol. The van der Waals surface area contributed by atoms with Gasteiger partial charge in [-0.1, -0.05) is 13.8 Å². The van der Waals surface area contributed by atoms with E-state index in [0.717, 1.165) is 24.5 Å². The number of fused-ring (bicyclic) bond motifs is 1. The highest BCUT2D eigenvalue weighted by Gasteiger charge is 2.38. The number of nitrogens with one attached hydrogen (secondary N) is 2. The molecule has 1 aliphatic rings. The van der Waals surface area contributed by atoms with E-state index in [1.165, 1.54) is 18.2 Å². The van der Waals surface area contributed by atoms with Crippen LogP contribution in [0.4, 0.5) is 14.9 Å². The first-order valence-corrected chi connectivity index (χ1v) is 12.2. The Bertz CT molecular complexity index is 1170. The number of amides is 3. The van der Waals surface area contributed by atoms with Gasteiger partial charge in [-0.05, 0) is 69.7 Å². The zero-order valence-electron chi connectivity index (χ0n) is 21.2. The molecular formula is C26H34FN5O4. The highest BCUT2D eigenvalue weighted by Crippen LogP contribution is 2.39. The molecule has 0 radical (unpaired) electrons. The monoisotopic (exact) mass is 499 g/mol.